The summed E-state index contributed by atoms with van der Waals surface area (Å²) in [6.07, 6.45) is 1.70. The number of ether oxygens (including phenoxy) is 3. The number of carbonyl (C=O) groups excluding carboxylic acids is 1. The lowest BCUT2D eigenvalue weighted by Gasteiger charge is -2.14. The molecule has 0 radical (unpaired) electrons. The van der Waals surface area contributed by atoms with Gasteiger partial charge in [-0.3, -0.25) is 0 Å². The van der Waals surface area contributed by atoms with E-state index in [4.69, 9.17) is 21.1 Å². The Balaban J connectivity index is 2.05. The fourth-order valence-corrected chi connectivity index (χ4v) is 3.02. The van der Waals surface area contributed by atoms with E-state index in [9.17, 15) is 4.79 Å². The maximum atomic E-state index is 11.3. The Morgan fingerprint density at radius 3 is 2.67 bits per heavy atom. The van der Waals surface area contributed by atoms with E-state index < -0.39 is 5.97 Å². The van der Waals surface area contributed by atoms with Crippen LogP contribution in [0.2, 0.25) is 5.02 Å². The molecule has 0 aliphatic rings. The Morgan fingerprint density at radius 1 is 1.26 bits per heavy atom. The van der Waals surface area contributed by atoms with Gasteiger partial charge >= 0.3 is 5.97 Å². The van der Waals surface area contributed by atoms with Crippen LogP contribution in [-0.2, 0) is 16.1 Å². The number of nitrogens with one attached hydrogen (secondary N) is 1. The molecule has 6 nitrogen and oxygen atoms in total. The van der Waals surface area contributed by atoms with Gasteiger partial charge in [-0.05, 0) is 64.9 Å². The maximum absolute atomic E-state index is 11.3. The fraction of sp³-hybridized carbons (Fsp3) is 0.263. The first-order valence-corrected chi connectivity index (χ1v) is 9.65. The van der Waals surface area contributed by atoms with Crippen LogP contribution >= 0.6 is 34.2 Å². The molecule has 0 atom stereocenters. The third kappa shape index (κ3) is 6.91. The highest BCUT2D eigenvalue weighted by Gasteiger charge is 2.13. The molecule has 0 amide bonds. The summed E-state index contributed by atoms with van der Waals surface area (Å²) in [5.74, 6) is 0.604. The minimum absolute atomic E-state index is 0.178. The number of esters is 1. The molecule has 2 rings (SSSR count). The van der Waals surface area contributed by atoms with Crippen LogP contribution in [0.5, 0.6) is 11.5 Å². The highest BCUT2D eigenvalue weighted by molar-refractivity contribution is 14.1. The summed E-state index contributed by atoms with van der Waals surface area (Å²) in [5.41, 5.74) is 4.91. The smallest absolute Gasteiger partial charge is 0.343 e. The van der Waals surface area contributed by atoms with Crippen LogP contribution in [0.25, 0.3) is 0 Å². The van der Waals surface area contributed by atoms with Gasteiger partial charge < -0.3 is 19.6 Å². The second-order valence-electron chi connectivity index (χ2n) is 5.35. The van der Waals surface area contributed by atoms with E-state index in [2.05, 4.69) is 37.9 Å². The molecule has 0 heterocycles. The highest BCUT2D eigenvalue weighted by atomic mass is 127. The van der Waals surface area contributed by atoms with Crippen molar-refractivity contribution in [3.05, 3.63) is 56.1 Å². The Labute approximate surface area is 177 Å². The molecule has 0 fully saturated rings. The molecule has 27 heavy (non-hydrogen) atoms. The van der Waals surface area contributed by atoms with Gasteiger partial charge in [-0.2, -0.15) is 5.10 Å². The van der Waals surface area contributed by atoms with Crippen LogP contribution in [0.15, 0.2) is 41.5 Å². The number of carbonyl (C=O) groups is 1. The molecular weight excluding hydrogens is 483 g/mol. The number of methoxy groups -OCH3 is 1. The van der Waals surface area contributed by atoms with Crippen molar-refractivity contribution < 1.29 is 19.0 Å². The van der Waals surface area contributed by atoms with E-state index in [0.29, 0.717) is 29.7 Å². The van der Waals surface area contributed by atoms with Crippen LogP contribution in [0.1, 0.15) is 18.1 Å². The molecule has 144 valence electrons. The topological polar surface area (TPSA) is 69.1 Å². The summed E-state index contributed by atoms with van der Waals surface area (Å²) in [6, 6.07) is 11.3. The standard InChI is InChI=1S/C19H20ClIN2O4/c1-3-26-17-9-14(8-16(21)19(17)27-12-18(24)25-2)11-23-22-10-13-4-6-15(20)7-5-13/h4-9,11,22H,3,10,12H2,1-2H3/b23-11-. The van der Waals surface area contributed by atoms with Crippen molar-refractivity contribution >= 4 is 46.4 Å². The minimum Gasteiger partial charge on any atom is -0.490 e. The van der Waals surface area contributed by atoms with Gasteiger partial charge in [0.2, 0.25) is 0 Å². The summed E-state index contributed by atoms with van der Waals surface area (Å²) in [4.78, 5) is 11.3. The van der Waals surface area contributed by atoms with Crippen molar-refractivity contribution in [3.63, 3.8) is 0 Å². The summed E-state index contributed by atoms with van der Waals surface area (Å²) >= 11 is 8.00. The summed E-state index contributed by atoms with van der Waals surface area (Å²) < 4.78 is 16.6. The Kier molecular flexibility index (Phi) is 8.66. The van der Waals surface area contributed by atoms with Gasteiger partial charge in [0.05, 0.1) is 30.0 Å². The molecule has 0 unspecified atom stereocenters. The van der Waals surface area contributed by atoms with Crippen molar-refractivity contribution in [2.24, 2.45) is 5.10 Å². The summed E-state index contributed by atoms with van der Waals surface area (Å²) in [5, 5.41) is 4.94. The number of nitrogens with zero attached hydrogens (tertiary/aromatic N) is 1. The lowest BCUT2D eigenvalue weighted by molar-refractivity contribution is -0.142. The molecule has 0 aliphatic heterocycles. The number of hydrazone groups is 1. The van der Waals surface area contributed by atoms with Crippen molar-refractivity contribution in [1.82, 2.24) is 5.43 Å². The number of halogens is 2. The molecule has 2 aromatic carbocycles. The predicted octanol–water partition coefficient (Wildman–Crippen LogP) is 4.02. The quantitative estimate of drug-likeness (QED) is 0.243. The van der Waals surface area contributed by atoms with Gasteiger partial charge in [0.25, 0.3) is 0 Å². The van der Waals surface area contributed by atoms with Crippen LogP contribution in [0.4, 0.5) is 0 Å². The third-order valence-electron chi connectivity index (χ3n) is 3.40. The zero-order chi connectivity index (χ0) is 19.6. The number of hydrogen-bond donors (Lipinski definition) is 1. The molecule has 0 aromatic heterocycles. The monoisotopic (exact) mass is 502 g/mol. The zero-order valence-electron chi connectivity index (χ0n) is 15.0. The van der Waals surface area contributed by atoms with E-state index in [1.54, 1.807) is 6.21 Å². The van der Waals surface area contributed by atoms with Crippen molar-refractivity contribution in [2.45, 2.75) is 13.5 Å². The Morgan fingerprint density at radius 2 is 2.00 bits per heavy atom. The predicted molar refractivity (Wildman–Crippen MR) is 114 cm³/mol. The average Bonchev–Trinajstić information content (AvgIpc) is 2.66. The molecule has 2 aromatic rings. The number of hydrogen-bond acceptors (Lipinski definition) is 6. The normalized spacial score (nSPS) is 10.7. The van der Waals surface area contributed by atoms with E-state index >= 15 is 0 Å². The molecule has 0 saturated heterocycles. The zero-order valence-corrected chi connectivity index (χ0v) is 17.9. The van der Waals surface area contributed by atoms with Gasteiger partial charge in [0, 0.05) is 5.02 Å². The van der Waals surface area contributed by atoms with Gasteiger partial charge in [-0.25, -0.2) is 4.79 Å². The average molecular weight is 503 g/mol. The SMILES string of the molecule is CCOc1cc(/C=N\NCc2ccc(Cl)cc2)cc(I)c1OCC(=O)OC. The van der Waals surface area contributed by atoms with Crippen molar-refractivity contribution in [3.8, 4) is 11.5 Å². The first-order valence-electron chi connectivity index (χ1n) is 8.19. The molecule has 1 N–H and O–H groups in total. The molecular formula is C19H20ClIN2O4. The molecule has 0 bridgehead atoms. The fourth-order valence-electron chi connectivity index (χ4n) is 2.11. The number of benzene rings is 2. The Hall–Kier alpha value is -2.00. The van der Waals surface area contributed by atoms with Crippen LogP contribution in [0.3, 0.4) is 0 Å². The van der Waals surface area contributed by atoms with E-state index in [1.165, 1.54) is 7.11 Å². The Bertz CT molecular complexity index is 797. The largest absolute Gasteiger partial charge is 0.490 e. The highest BCUT2D eigenvalue weighted by Crippen LogP contribution is 2.34. The van der Waals surface area contributed by atoms with Crippen LogP contribution in [0, 0.1) is 3.57 Å². The molecule has 0 saturated carbocycles. The second kappa shape index (κ2) is 11.0. The van der Waals surface area contributed by atoms with E-state index in [0.717, 1.165) is 14.7 Å². The minimum atomic E-state index is -0.453. The van der Waals surface area contributed by atoms with E-state index in [-0.39, 0.29) is 6.61 Å². The summed E-state index contributed by atoms with van der Waals surface area (Å²) in [7, 11) is 1.32. The van der Waals surface area contributed by atoms with Gasteiger partial charge in [0.15, 0.2) is 18.1 Å². The van der Waals surface area contributed by atoms with E-state index in [1.807, 2.05) is 43.3 Å². The van der Waals surface area contributed by atoms with Gasteiger partial charge in [-0.15, -0.1) is 0 Å². The lowest BCUT2D eigenvalue weighted by Crippen LogP contribution is -2.14. The first-order chi connectivity index (χ1) is 13.0. The molecule has 8 heteroatoms. The van der Waals surface area contributed by atoms with Crippen molar-refractivity contribution in [1.29, 1.82) is 0 Å². The third-order valence-corrected chi connectivity index (χ3v) is 4.45. The van der Waals surface area contributed by atoms with Crippen LogP contribution < -0.4 is 14.9 Å². The van der Waals surface area contributed by atoms with Crippen LogP contribution in [-0.4, -0.2) is 32.5 Å². The first kappa shape index (κ1) is 21.3. The summed E-state index contributed by atoms with van der Waals surface area (Å²) in [6.45, 7) is 2.76. The van der Waals surface area contributed by atoms with Crippen molar-refractivity contribution in [2.75, 3.05) is 20.3 Å². The van der Waals surface area contributed by atoms with Gasteiger partial charge in [0.1, 0.15) is 0 Å². The lowest BCUT2D eigenvalue weighted by atomic mass is 10.2. The molecule has 0 spiro atoms. The number of rotatable bonds is 9. The van der Waals surface area contributed by atoms with Gasteiger partial charge in [-0.1, -0.05) is 23.7 Å². The second-order valence-corrected chi connectivity index (χ2v) is 6.95. The molecule has 0 aliphatic carbocycles. The maximum Gasteiger partial charge on any atom is 0.343 e.